The number of nitrogens with zero attached hydrogens (tertiary/aromatic N) is 3. The Hall–Kier alpha value is -3.19. The van der Waals surface area contributed by atoms with Crippen molar-refractivity contribution >= 4 is 34.2 Å². The van der Waals surface area contributed by atoms with Crippen LogP contribution < -0.4 is 10.9 Å². The molecule has 1 aliphatic rings. The van der Waals surface area contributed by atoms with Crippen molar-refractivity contribution in [3.8, 4) is 0 Å². The molecule has 0 spiro atoms. The van der Waals surface area contributed by atoms with Crippen molar-refractivity contribution < 1.29 is 4.79 Å². The summed E-state index contributed by atoms with van der Waals surface area (Å²) in [6.45, 7) is 1.89. The molecule has 0 radical (unpaired) electrons. The summed E-state index contributed by atoms with van der Waals surface area (Å²) in [7, 11) is 0. The minimum absolute atomic E-state index is 0.0597. The number of para-hydroxylation sites is 1. The van der Waals surface area contributed by atoms with Gasteiger partial charge in [-0.25, -0.2) is 9.97 Å². The van der Waals surface area contributed by atoms with Crippen LogP contribution in [0, 0.1) is 6.92 Å². The zero-order valence-corrected chi connectivity index (χ0v) is 17.3. The number of fused-ring (bicyclic) bond motifs is 2. The standard InChI is InChI=1S/C23H20N4O2S/c1-14-5-4-8-20-24-16(11-22(28)27(14)20)13-30-21-12-18(23(29)25-15-9-10-15)17-6-2-3-7-19(17)26-21/h2-8,11-12,15H,9-10,13H2,1H3,(H,25,29). The lowest BCUT2D eigenvalue weighted by Crippen LogP contribution is -2.25. The molecule has 4 aromatic rings. The molecule has 3 aromatic heterocycles. The molecule has 1 N–H and O–H groups in total. The van der Waals surface area contributed by atoms with Crippen LogP contribution in [0.15, 0.2) is 64.4 Å². The van der Waals surface area contributed by atoms with E-state index >= 15 is 0 Å². The largest absolute Gasteiger partial charge is 0.349 e. The van der Waals surface area contributed by atoms with Gasteiger partial charge in [0.15, 0.2) is 0 Å². The molecular weight excluding hydrogens is 396 g/mol. The van der Waals surface area contributed by atoms with Gasteiger partial charge in [-0.05, 0) is 44.0 Å². The topological polar surface area (TPSA) is 76.4 Å². The number of hydrogen-bond acceptors (Lipinski definition) is 5. The highest BCUT2D eigenvalue weighted by Crippen LogP contribution is 2.27. The lowest BCUT2D eigenvalue weighted by Gasteiger charge is -2.10. The first-order chi connectivity index (χ1) is 14.6. The first-order valence-corrected chi connectivity index (χ1v) is 10.9. The fourth-order valence-electron chi connectivity index (χ4n) is 3.49. The second kappa shape index (κ2) is 7.57. The van der Waals surface area contributed by atoms with E-state index in [9.17, 15) is 9.59 Å². The maximum absolute atomic E-state index is 12.8. The maximum atomic E-state index is 12.8. The van der Waals surface area contributed by atoms with Crippen molar-refractivity contribution in [2.75, 3.05) is 0 Å². The van der Waals surface area contributed by atoms with Gasteiger partial charge in [0.05, 0.1) is 21.8 Å². The van der Waals surface area contributed by atoms with E-state index in [2.05, 4.69) is 10.3 Å². The highest BCUT2D eigenvalue weighted by Gasteiger charge is 2.25. The summed E-state index contributed by atoms with van der Waals surface area (Å²) in [6.07, 6.45) is 2.08. The molecule has 1 amide bonds. The fraction of sp³-hybridized carbons (Fsp3) is 0.217. The van der Waals surface area contributed by atoms with E-state index in [1.54, 1.807) is 10.5 Å². The Kier molecular flexibility index (Phi) is 4.75. The quantitative estimate of drug-likeness (QED) is 0.502. The van der Waals surface area contributed by atoms with Crippen LogP contribution >= 0.6 is 11.8 Å². The second-order valence-corrected chi connectivity index (χ2v) is 8.50. The van der Waals surface area contributed by atoms with Crippen LogP contribution in [0.25, 0.3) is 16.6 Å². The van der Waals surface area contributed by atoms with Gasteiger partial charge in [-0.15, -0.1) is 0 Å². The monoisotopic (exact) mass is 416 g/mol. The lowest BCUT2D eigenvalue weighted by molar-refractivity contribution is 0.0952. The van der Waals surface area contributed by atoms with Crippen LogP contribution in [0.5, 0.6) is 0 Å². The fourth-order valence-corrected chi connectivity index (χ4v) is 4.30. The predicted octanol–water partition coefficient (Wildman–Crippen LogP) is 3.74. The minimum Gasteiger partial charge on any atom is -0.349 e. The Morgan fingerprint density at radius 3 is 2.80 bits per heavy atom. The highest BCUT2D eigenvalue weighted by molar-refractivity contribution is 7.98. The molecule has 6 nitrogen and oxygen atoms in total. The van der Waals surface area contributed by atoms with Gasteiger partial charge in [0.1, 0.15) is 5.65 Å². The number of nitrogens with one attached hydrogen (secondary N) is 1. The molecule has 7 heteroatoms. The molecule has 1 aromatic carbocycles. The number of aromatic nitrogens is 3. The summed E-state index contributed by atoms with van der Waals surface area (Å²) < 4.78 is 1.60. The van der Waals surface area contributed by atoms with Gasteiger partial charge < -0.3 is 5.32 Å². The molecule has 1 aliphatic carbocycles. The van der Waals surface area contributed by atoms with Gasteiger partial charge in [0.25, 0.3) is 11.5 Å². The first-order valence-electron chi connectivity index (χ1n) is 9.90. The number of benzene rings is 1. The van der Waals surface area contributed by atoms with E-state index in [1.165, 1.54) is 11.8 Å². The maximum Gasteiger partial charge on any atom is 0.258 e. The minimum atomic E-state index is -0.0929. The van der Waals surface area contributed by atoms with Crippen molar-refractivity contribution in [2.24, 2.45) is 0 Å². The molecule has 3 heterocycles. The Morgan fingerprint density at radius 2 is 1.97 bits per heavy atom. The molecule has 1 saturated carbocycles. The lowest BCUT2D eigenvalue weighted by atomic mass is 10.1. The first kappa shape index (κ1) is 18.8. The smallest absolute Gasteiger partial charge is 0.258 e. The Morgan fingerprint density at radius 1 is 1.13 bits per heavy atom. The third kappa shape index (κ3) is 3.68. The molecule has 0 unspecified atom stereocenters. The number of aryl methyl sites for hydroxylation is 1. The van der Waals surface area contributed by atoms with Crippen molar-refractivity contribution in [1.29, 1.82) is 0 Å². The molecule has 0 saturated heterocycles. The molecule has 5 rings (SSSR count). The molecule has 150 valence electrons. The van der Waals surface area contributed by atoms with Crippen molar-refractivity contribution in [1.82, 2.24) is 19.7 Å². The SMILES string of the molecule is Cc1cccc2nc(CSc3cc(C(=O)NC4CC4)c4ccccc4n3)cc(=O)n12. The van der Waals surface area contributed by atoms with Gasteiger partial charge in [-0.2, -0.15) is 0 Å². The number of hydrogen-bond donors (Lipinski definition) is 1. The Labute approximate surface area is 177 Å². The summed E-state index contributed by atoms with van der Waals surface area (Å²) in [5.41, 5.74) is 3.50. The second-order valence-electron chi connectivity index (χ2n) is 7.51. The number of carbonyl (C=O) groups excluding carboxylic acids is 1. The van der Waals surface area contributed by atoms with Gasteiger partial charge in [-0.1, -0.05) is 36.0 Å². The van der Waals surface area contributed by atoms with Crippen LogP contribution in [0.3, 0.4) is 0 Å². The van der Waals surface area contributed by atoms with Gasteiger partial charge in [0.2, 0.25) is 0 Å². The van der Waals surface area contributed by atoms with Crippen molar-refractivity contribution in [2.45, 2.75) is 36.6 Å². The van der Waals surface area contributed by atoms with E-state index in [1.807, 2.05) is 55.5 Å². The number of thioether (sulfide) groups is 1. The van der Waals surface area contributed by atoms with E-state index in [-0.39, 0.29) is 11.5 Å². The van der Waals surface area contributed by atoms with Crippen molar-refractivity contribution in [3.05, 3.63) is 81.9 Å². The van der Waals surface area contributed by atoms with Crippen LogP contribution in [0.2, 0.25) is 0 Å². The van der Waals surface area contributed by atoms with Gasteiger partial charge >= 0.3 is 0 Å². The van der Waals surface area contributed by atoms with Crippen LogP contribution in [0.4, 0.5) is 0 Å². The molecule has 0 bridgehead atoms. The summed E-state index contributed by atoms with van der Waals surface area (Å²) in [6, 6.07) is 17.0. The number of rotatable bonds is 5. The van der Waals surface area contributed by atoms with Crippen LogP contribution in [-0.2, 0) is 5.75 Å². The predicted molar refractivity (Wildman–Crippen MR) is 118 cm³/mol. The zero-order valence-electron chi connectivity index (χ0n) is 16.5. The van der Waals surface area contributed by atoms with E-state index in [0.29, 0.717) is 28.7 Å². The third-order valence-electron chi connectivity index (χ3n) is 5.15. The average molecular weight is 417 g/mol. The molecular formula is C23H20N4O2S. The van der Waals surface area contributed by atoms with Crippen LogP contribution in [-0.4, -0.2) is 26.3 Å². The molecule has 0 aliphatic heterocycles. The molecule has 30 heavy (non-hydrogen) atoms. The molecule has 1 fully saturated rings. The van der Waals surface area contributed by atoms with Crippen molar-refractivity contribution in [3.63, 3.8) is 0 Å². The van der Waals surface area contributed by atoms with Crippen LogP contribution in [0.1, 0.15) is 34.6 Å². The molecule has 0 atom stereocenters. The Balaban J connectivity index is 1.46. The summed E-state index contributed by atoms with van der Waals surface area (Å²) in [4.78, 5) is 34.6. The van der Waals surface area contributed by atoms with Gasteiger partial charge in [0, 0.05) is 28.9 Å². The number of carbonyl (C=O) groups is 1. The summed E-state index contributed by atoms with van der Waals surface area (Å²) in [5.74, 6) is 0.435. The highest BCUT2D eigenvalue weighted by atomic mass is 32.2. The zero-order chi connectivity index (χ0) is 20.7. The van der Waals surface area contributed by atoms with E-state index in [4.69, 9.17) is 4.98 Å². The van der Waals surface area contributed by atoms with Gasteiger partial charge in [-0.3, -0.25) is 14.0 Å². The summed E-state index contributed by atoms with van der Waals surface area (Å²) in [5, 5.41) is 4.65. The Bertz CT molecular complexity index is 1340. The van der Waals surface area contributed by atoms with E-state index in [0.717, 1.165) is 34.5 Å². The number of pyridine rings is 2. The average Bonchev–Trinajstić information content (AvgIpc) is 3.55. The third-order valence-corrected chi connectivity index (χ3v) is 6.10. The normalized spacial score (nSPS) is 13.6. The number of amides is 1. The summed E-state index contributed by atoms with van der Waals surface area (Å²) >= 11 is 1.47. The van der Waals surface area contributed by atoms with E-state index < -0.39 is 0 Å².